The van der Waals surface area contributed by atoms with Gasteiger partial charge in [0.1, 0.15) is 11.6 Å². The molecule has 0 spiro atoms. The fourth-order valence-electron chi connectivity index (χ4n) is 5.57. The Morgan fingerprint density at radius 3 is 2.71 bits per heavy atom. The minimum Gasteiger partial charge on any atom is -0.378 e. The van der Waals surface area contributed by atoms with Crippen LogP contribution in [0.4, 0.5) is 5.82 Å². The van der Waals surface area contributed by atoms with E-state index in [1.807, 2.05) is 29.7 Å². The third kappa shape index (κ3) is 3.13. The number of para-hydroxylation sites is 2. The van der Waals surface area contributed by atoms with Crippen molar-refractivity contribution in [1.29, 1.82) is 0 Å². The molecule has 0 N–H and O–H groups in total. The molecule has 2 atom stereocenters. The van der Waals surface area contributed by atoms with Gasteiger partial charge >= 0.3 is 0 Å². The summed E-state index contributed by atoms with van der Waals surface area (Å²) in [5, 5.41) is 0. The van der Waals surface area contributed by atoms with Crippen LogP contribution in [0.1, 0.15) is 18.1 Å². The Morgan fingerprint density at radius 2 is 1.91 bits per heavy atom. The number of fused-ring (bicyclic) bond motifs is 4. The van der Waals surface area contributed by atoms with E-state index in [0.717, 1.165) is 78.9 Å². The van der Waals surface area contributed by atoms with Crippen LogP contribution in [0.2, 0.25) is 0 Å². The number of morpholine rings is 2. The van der Waals surface area contributed by atoms with Crippen LogP contribution in [0.5, 0.6) is 0 Å². The molecule has 6 heterocycles. The maximum atomic E-state index is 5.79. The number of benzene rings is 1. The van der Waals surface area contributed by atoms with E-state index in [1.165, 1.54) is 0 Å². The van der Waals surface area contributed by atoms with Gasteiger partial charge in [-0.15, -0.1) is 0 Å². The van der Waals surface area contributed by atoms with Crippen LogP contribution < -0.4 is 4.90 Å². The highest BCUT2D eigenvalue weighted by Crippen LogP contribution is 2.31. The molecule has 7 rings (SSSR count). The van der Waals surface area contributed by atoms with Gasteiger partial charge in [-0.2, -0.15) is 9.97 Å². The van der Waals surface area contributed by atoms with E-state index in [2.05, 4.69) is 27.5 Å². The lowest BCUT2D eigenvalue weighted by molar-refractivity contribution is 0.0260. The summed E-state index contributed by atoms with van der Waals surface area (Å²) in [4.78, 5) is 24.7. The predicted octanol–water partition coefficient (Wildman–Crippen LogP) is 1.82. The molecule has 2 unspecified atom stereocenters. The maximum Gasteiger partial charge on any atom is 0.239 e. The standard InChI is InChI=1S/C24H28N8O2/c1-15-25-18-5-3-4-6-19(18)32(15)24-27-22-21(23(28-24)30-7-9-33-10-8-30)26-20(29(22)2)13-31-12-17-11-16(31)14-34-17/h3-6,16-17H,7-14H2,1-2H3. The fourth-order valence-corrected chi connectivity index (χ4v) is 5.57. The van der Waals surface area contributed by atoms with Crippen molar-refractivity contribution in [3.63, 3.8) is 0 Å². The molecule has 0 radical (unpaired) electrons. The van der Waals surface area contributed by atoms with Crippen molar-refractivity contribution in [2.24, 2.45) is 7.05 Å². The summed E-state index contributed by atoms with van der Waals surface area (Å²) in [5.41, 5.74) is 3.64. The number of anilines is 1. The van der Waals surface area contributed by atoms with E-state index in [0.29, 0.717) is 31.3 Å². The first-order chi connectivity index (χ1) is 16.7. The topological polar surface area (TPSA) is 86.4 Å². The summed E-state index contributed by atoms with van der Waals surface area (Å²) < 4.78 is 15.6. The molecule has 0 amide bonds. The van der Waals surface area contributed by atoms with Crippen molar-refractivity contribution >= 4 is 28.0 Å². The number of likely N-dealkylation sites (tertiary alicyclic amines) is 1. The zero-order valence-electron chi connectivity index (χ0n) is 19.5. The first-order valence-corrected chi connectivity index (χ1v) is 12.0. The Morgan fingerprint density at radius 1 is 1.06 bits per heavy atom. The Kier molecular flexibility index (Phi) is 4.61. The van der Waals surface area contributed by atoms with E-state index < -0.39 is 0 Å². The largest absolute Gasteiger partial charge is 0.378 e. The molecule has 3 saturated heterocycles. The molecule has 0 saturated carbocycles. The van der Waals surface area contributed by atoms with Crippen LogP contribution >= 0.6 is 0 Å². The number of hydrogen-bond acceptors (Lipinski definition) is 8. The van der Waals surface area contributed by atoms with Crippen LogP contribution in [-0.2, 0) is 23.1 Å². The summed E-state index contributed by atoms with van der Waals surface area (Å²) in [5.74, 6) is 3.37. The molecular weight excluding hydrogens is 432 g/mol. The molecule has 3 aliphatic rings. The zero-order chi connectivity index (χ0) is 22.8. The molecule has 0 aliphatic carbocycles. The normalized spacial score (nSPS) is 23.1. The summed E-state index contributed by atoms with van der Waals surface area (Å²) in [6.45, 7) is 7.53. The average molecular weight is 461 g/mol. The molecule has 4 aromatic rings. The Bertz CT molecular complexity index is 1390. The molecule has 3 aliphatic heterocycles. The molecule has 3 fully saturated rings. The van der Waals surface area contributed by atoms with E-state index in [1.54, 1.807) is 0 Å². The third-order valence-corrected chi connectivity index (χ3v) is 7.38. The van der Waals surface area contributed by atoms with Gasteiger partial charge in [0.2, 0.25) is 5.95 Å². The van der Waals surface area contributed by atoms with Gasteiger partial charge in [0.15, 0.2) is 17.0 Å². The minimum absolute atomic E-state index is 0.368. The second-order valence-electron chi connectivity index (χ2n) is 9.46. The SMILES string of the molecule is Cc1nc2ccccc2n1-c1nc(N2CCOCC2)c2nc(CN3CC4CC3CO4)n(C)c2n1. The fraction of sp³-hybridized carbons (Fsp3) is 0.500. The molecule has 176 valence electrons. The van der Waals surface area contributed by atoms with Gasteiger partial charge in [-0.25, -0.2) is 9.97 Å². The van der Waals surface area contributed by atoms with Gasteiger partial charge in [-0.05, 0) is 25.5 Å². The maximum absolute atomic E-state index is 5.79. The first-order valence-electron chi connectivity index (χ1n) is 12.0. The number of ether oxygens (including phenoxy) is 2. The van der Waals surface area contributed by atoms with Crippen LogP contribution in [-0.4, -0.2) is 85.6 Å². The molecule has 1 aromatic carbocycles. The third-order valence-electron chi connectivity index (χ3n) is 7.38. The van der Waals surface area contributed by atoms with Crippen LogP contribution in [0.25, 0.3) is 28.1 Å². The number of hydrogen-bond donors (Lipinski definition) is 0. The first kappa shape index (κ1) is 20.3. The predicted molar refractivity (Wildman–Crippen MR) is 127 cm³/mol. The molecule has 10 heteroatoms. The van der Waals surface area contributed by atoms with E-state index in [-0.39, 0.29) is 0 Å². The summed E-state index contributed by atoms with van der Waals surface area (Å²) in [7, 11) is 2.06. The Hall–Kier alpha value is -3.08. The lowest BCUT2D eigenvalue weighted by Crippen LogP contribution is -2.37. The summed E-state index contributed by atoms with van der Waals surface area (Å²) in [6.07, 6.45) is 1.49. The number of rotatable bonds is 4. The second-order valence-corrected chi connectivity index (χ2v) is 9.46. The van der Waals surface area contributed by atoms with E-state index in [9.17, 15) is 0 Å². The summed E-state index contributed by atoms with van der Waals surface area (Å²) >= 11 is 0. The molecule has 2 bridgehead atoms. The van der Waals surface area contributed by atoms with Gasteiger partial charge in [0.25, 0.3) is 0 Å². The monoisotopic (exact) mass is 460 g/mol. The van der Waals surface area contributed by atoms with Crippen LogP contribution in [0.3, 0.4) is 0 Å². The minimum atomic E-state index is 0.368. The lowest BCUT2D eigenvalue weighted by atomic mass is 10.2. The van der Waals surface area contributed by atoms with Crippen molar-refractivity contribution < 1.29 is 9.47 Å². The van der Waals surface area contributed by atoms with Crippen molar-refractivity contribution in [1.82, 2.24) is 34.0 Å². The van der Waals surface area contributed by atoms with Gasteiger partial charge in [0.05, 0.1) is 43.5 Å². The Labute approximate surface area is 197 Å². The number of imidazole rings is 2. The number of nitrogens with zero attached hydrogens (tertiary/aromatic N) is 8. The highest BCUT2D eigenvalue weighted by atomic mass is 16.5. The lowest BCUT2D eigenvalue weighted by Gasteiger charge is -2.28. The van der Waals surface area contributed by atoms with Crippen molar-refractivity contribution in [2.75, 3.05) is 44.4 Å². The molecule has 10 nitrogen and oxygen atoms in total. The smallest absolute Gasteiger partial charge is 0.239 e. The van der Waals surface area contributed by atoms with Crippen molar-refractivity contribution in [3.8, 4) is 5.95 Å². The summed E-state index contributed by atoms with van der Waals surface area (Å²) in [6, 6.07) is 8.61. The highest BCUT2D eigenvalue weighted by molar-refractivity contribution is 5.86. The van der Waals surface area contributed by atoms with Gasteiger partial charge in [-0.1, -0.05) is 12.1 Å². The Balaban J connectivity index is 1.38. The van der Waals surface area contributed by atoms with Crippen LogP contribution in [0.15, 0.2) is 24.3 Å². The van der Waals surface area contributed by atoms with Crippen molar-refractivity contribution in [2.45, 2.75) is 32.0 Å². The van der Waals surface area contributed by atoms with Gasteiger partial charge in [-0.3, -0.25) is 9.47 Å². The average Bonchev–Trinajstić information content (AvgIpc) is 3.62. The number of aromatic nitrogens is 6. The second kappa shape index (κ2) is 7.72. The van der Waals surface area contributed by atoms with Gasteiger partial charge in [0, 0.05) is 32.7 Å². The number of aryl methyl sites for hydroxylation is 2. The molecule has 3 aromatic heterocycles. The van der Waals surface area contributed by atoms with E-state index in [4.69, 9.17) is 29.4 Å². The highest BCUT2D eigenvalue weighted by Gasteiger charge is 2.39. The van der Waals surface area contributed by atoms with E-state index >= 15 is 0 Å². The zero-order valence-corrected chi connectivity index (χ0v) is 19.5. The van der Waals surface area contributed by atoms with Gasteiger partial charge < -0.3 is 18.9 Å². The van der Waals surface area contributed by atoms with Crippen molar-refractivity contribution in [3.05, 3.63) is 35.9 Å². The molecular formula is C24H28N8O2. The molecule has 34 heavy (non-hydrogen) atoms. The van der Waals surface area contributed by atoms with Crippen LogP contribution in [0, 0.1) is 6.92 Å². The quantitative estimate of drug-likeness (QED) is 0.456.